The summed E-state index contributed by atoms with van der Waals surface area (Å²) < 4.78 is 5.17. The van der Waals surface area contributed by atoms with Crippen molar-refractivity contribution >= 4 is 40.9 Å². The predicted molar refractivity (Wildman–Crippen MR) is 156 cm³/mol. The fourth-order valence-electron chi connectivity index (χ4n) is 6.84. The van der Waals surface area contributed by atoms with Gasteiger partial charge in [0, 0.05) is 41.8 Å². The molecule has 206 valence electrons. The van der Waals surface area contributed by atoms with Crippen LogP contribution in [0.2, 0.25) is 0 Å². The third-order valence-corrected chi connectivity index (χ3v) is 8.46. The van der Waals surface area contributed by atoms with E-state index in [0.717, 1.165) is 11.3 Å². The summed E-state index contributed by atoms with van der Waals surface area (Å²) in [7, 11) is 0. The van der Waals surface area contributed by atoms with E-state index in [-0.39, 0.29) is 17.5 Å². The lowest BCUT2D eigenvalue weighted by atomic mass is 9.64. The quantitative estimate of drug-likeness (QED) is 0.213. The highest BCUT2D eigenvalue weighted by molar-refractivity contribution is 6.18. The molecule has 0 bridgehead atoms. The van der Waals surface area contributed by atoms with E-state index >= 15 is 0 Å². The number of esters is 1. The number of ether oxygens (including phenoxy) is 1. The molecule has 0 unspecified atom stereocenters. The van der Waals surface area contributed by atoms with Gasteiger partial charge in [0.05, 0.1) is 12.0 Å². The highest BCUT2D eigenvalue weighted by atomic mass is 16.5. The number of amides is 1. The molecule has 1 N–H and O–H groups in total. The van der Waals surface area contributed by atoms with Gasteiger partial charge in [0.2, 0.25) is 5.91 Å². The van der Waals surface area contributed by atoms with Crippen LogP contribution in [-0.2, 0) is 15.0 Å². The molecule has 0 aliphatic carbocycles. The number of pyridine rings is 1. The van der Waals surface area contributed by atoms with Crippen LogP contribution in [-0.4, -0.2) is 40.5 Å². The predicted octanol–water partition coefficient (Wildman–Crippen LogP) is 4.86. The van der Waals surface area contributed by atoms with Crippen molar-refractivity contribution in [3.8, 4) is 5.75 Å². The topological polar surface area (TPSA) is 106 Å². The van der Waals surface area contributed by atoms with Crippen LogP contribution in [0.25, 0.3) is 6.08 Å². The van der Waals surface area contributed by atoms with Gasteiger partial charge in [-0.05, 0) is 59.7 Å². The van der Waals surface area contributed by atoms with E-state index in [0.29, 0.717) is 28.1 Å². The Morgan fingerprint density at radius 3 is 2.31 bits per heavy atom. The first-order valence-electron chi connectivity index (χ1n) is 13.6. The standard InChI is InChI=1S/C34H25N3O5/c1-20(38)42-24-13-10-22(11-14-24)32(40)30-29(31(39)23-16-18-35-19-17-23)34(25-7-3-4-8-26(25)36-33(34)41)28-15-12-21-6-2-5-9-27(21)37(28)30/h2-19,28-30H,1H3,(H,36,41)/t28-,29-,30-,34-/m1/s1. The highest BCUT2D eigenvalue weighted by Crippen LogP contribution is 2.58. The largest absolute Gasteiger partial charge is 0.427 e. The van der Waals surface area contributed by atoms with Gasteiger partial charge in [-0.1, -0.05) is 48.6 Å². The van der Waals surface area contributed by atoms with Crippen molar-refractivity contribution in [1.82, 2.24) is 4.98 Å². The molecular weight excluding hydrogens is 530 g/mol. The van der Waals surface area contributed by atoms with E-state index in [9.17, 15) is 19.2 Å². The Morgan fingerprint density at radius 1 is 0.857 bits per heavy atom. The number of hydrogen-bond acceptors (Lipinski definition) is 7. The maximum Gasteiger partial charge on any atom is 0.308 e. The van der Waals surface area contributed by atoms with Gasteiger partial charge in [0.15, 0.2) is 11.6 Å². The minimum Gasteiger partial charge on any atom is -0.427 e. The van der Waals surface area contributed by atoms with Gasteiger partial charge in [-0.3, -0.25) is 24.2 Å². The molecule has 1 amide bonds. The molecular formula is C34H25N3O5. The Labute approximate surface area is 241 Å². The number of benzene rings is 3. The first-order valence-corrected chi connectivity index (χ1v) is 13.6. The van der Waals surface area contributed by atoms with Crippen molar-refractivity contribution in [2.45, 2.75) is 24.4 Å². The third-order valence-electron chi connectivity index (χ3n) is 8.46. The molecule has 7 rings (SSSR count). The van der Waals surface area contributed by atoms with Gasteiger partial charge in [-0.25, -0.2) is 0 Å². The van der Waals surface area contributed by atoms with E-state index in [1.165, 1.54) is 19.3 Å². The summed E-state index contributed by atoms with van der Waals surface area (Å²) in [6.07, 6.45) is 6.96. The molecule has 1 saturated heterocycles. The number of para-hydroxylation sites is 2. The molecule has 4 aromatic rings. The molecule has 4 heterocycles. The van der Waals surface area contributed by atoms with E-state index in [2.05, 4.69) is 10.3 Å². The highest BCUT2D eigenvalue weighted by Gasteiger charge is 2.70. The number of nitrogens with one attached hydrogen (secondary N) is 1. The number of rotatable bonds is 5. The number of anilines is 2. The number of hydrogen-bond donors (Lipinski definition) is 1. The Hall–Kier alpha value is -5.37. The summed E-state index contributed by atoms with van der Waals surface area (Å²) in [4.78, 5) is 61.2. The number of nitrogens with zero attached hydrogens (tertiary/aromatic N) is 2. The van der Waals surface area contributed by atoms with Crippen LogP contribution in [0.1, 0.15) is 38.8 Å². The smallest absolute Gasteiger partial charge is 0.308 e. The van der Waals surface area contributed by atoms with Crippen LogP contribution in [0.4, 0.5) is 11.4 Å². The van der Waals surface area contributed by atoms with Crippen molar-refractivity contribution in [3.05, 3.63) is 126 Å². The van der Waals surface area contributed by atoms with E-state index in [4.69, 9.17) is 4.74 Å². The minimum atomic E-state index is -1.39. The Balaban J connectivity index is 1.48. The molecule has 42 heavy (non-hydrogen) atoms. The summed E-state index contributed by atoms with van der Waals surface area (Å²) in [5, 5.41) is 3.02. The maximum absolute atomic E-state index is 14.7. The van der Waals surface area contributed by atoms with Gasteiger partial charge in [0.1, 0.15) is 17.2 Å². The molecule has 8 nitrogen and oxygen atoms in total. The number of Topliss-reactive ketones (excluding diaryl/α,β-unsaturated/α-hetero) is 2. The second-order valence-electron chi connectivity index (χ2n) is 10.6. The van der Waals surface area contributed by atoms with Crippen molar-refractivity contribution in [3.63, 3.8) is 0 Å². The molecule has 3 aliphatic heterocycles. The van der Waals surface area contributed by atoms with Gasteiger partial charge in [-0.2, -0.15) is 0 Å². The SMILES string of the molecule is CC(=O)Oc1ccc(C(=O)[C@H]2[C@H](C(=O)c3ccncc3)[C@]3(C(=O)Nc4ccccc43)[C@H]3C=Cc4ccccc4N23)cc1. The molecule has 1 spiro atoms. The van der Waals surface area contributed by atoms with Crippen molar-refractivity contribution < 1.29 is 23.9 Å². The molecule has 4 atom stereocenters. The molecule has 3 aromatic carbocycles. The number of aromatic nitrogens is 1. The zero-order valence-electron chi connectivity index (χ0n) is 22.6. The lowest BCUT2D eigenvalue weighted by Crippen LogP contribution is -2.51. The van der Waals surface area contributed by atoms with Gasteiger partial charge < -0.3 is 15.0 Å². The lowest BCUT2D eigenvalue weighted by molar-refractivity contribution is -0.131. The number of carbonyl (C=O) groups is 4. The molecule has 0 radical (unpaired) electrons. The van der Waals surface area contributed by atoms with E-state index < -0.39 is 29.4 Å². The number of carbonyl (C=O) groups excluding carboxylic acids is 4. The first-order chi connectivity index (χ1) is 20.4. The van der Waals surface area contributed by atoms with Crippen LogP contribution in [0.3, 0.4) is 0 Å². The van der Waals surface area contributed by atoms with Crippen LogP contribution in [0.5, 0.6) is 5.75 Å². The zero-order chi connectivity index (χ0) is 29.0. The summed E-state index contributed by atoms with van der Waals surface area (Å²) in [6, 6.07) is 22.9. The Bertz CT molecular complexity index is 1800. The maximum atomic E-state index is 14.7. The van der Waals surface area contributed by atoms with Crippen LogP contribution >= 0.6 is 0 Å². The van der Waals surface area contributed by atoms with Crippen molar-refractivity contribution in [1.29, 1.82) is 0 Å². The van der Waals surface area contributed by atoms with Gasteiger partial charge in [0.25, 0.3) is 0 Å². The average molecular weight is 556 g/mol. The average Bonchev–Trinajstić information content (AvgIpc) is 3.49. The van der Waals surface area contributed by atoms with E-state index in [1.807, 2.05) is 65.6 Å². The van der Waals surface area contributed by atoms with E-state index in [1.54, 1.807) is 36.4 Å². The second-order valence-corrected chi connectivity index (χ2v) is 10.6. The summed E-state index contributed by atoms with van der Waals surface area (Å²) in [5.41, 5.74) is 2.27. The fraction of sp³-hybridized carbons (Fsp3) is 0.147. The van der Waals surface area contributed by atoms with Crippen LogP contribution in [0.15, 0.2) is 103 Å². The summed E-state index contributed by atoms with van der Waals surface area (Å²) in [6.45, 7) is 1.30. The molecule has 0 saturated carbocycles. The van der Waals surface area contributed by atoms with Crippen molar-refractivity contribution in [2.24, 2.45) is 5.92 Å². The Kier molecular flexibility index (Phi) is 5.86. The Morgan fingerprint density at radius 2 is 1.55 bits per heavy atom. The lowest BCUT2D eigenvalue weighted by Gasteiger charge is -2.37. The van der Waals surface area contributed by atoms with Gasteiger partial charge in [-0.15, -0.1) is 0 Å². The zero-order valence-corrected chi connectivity index (χ0v) is 22.6. The molecule has 8 heteroatoms. The summed E-state index contributed by atoms with van der Waals surface area (Å²) >= 11 is 0. The molecule has 3 aliphatic rings. The number of ketones is 2. The second kappa shape index (κ2) is 9.62. The summed E-state index contributed by atoms with van der Waals surface area (Å²) in [5.74, 6) is -2.21. The third kappa shape index (κ3) is 3.65. The van der Waals surface area contributed by atoms with Crippen molar-refractivity contribution in [2.75, 3.05) is 10.2 Å². The fourth-order valence-corrected chi connectivity index (χ4v) is 6.84. The first kappa shape index (κ1) is 25.6. The molecule has 1 fully saturated rings. The normalized spacial score (nSPS) is 23.1. The van der Waals surface area contributed by atoms with Gasteiger partial charge >= 0.3 is 5.97 Å². The number of fused-ring (bicyclic) bond motifs is 6. The monoisotopic (exact) mass is 555 g/mol. The van der Waals surface area contributed by atoms with Crippen LogP contribution in [0, 0.1) is 5.92 Å². The minimum absolute atomic E-state index is 0.305. The van der Waals surface area contributed by atoms with Crippen LogP contribution < -0.4 is 15.0 Å². The molecule has 1 aromatic heterocycles.